The lowest BCUT2D eigenvalue weighted by Gasteiger charge is -2.27. The highest BCUT2D eigenvalue weighted by Gasteiger charge is 2.22. The summed E-state index contributed by atoms with van der Waals surface area (Å²) in [7, 11) is 1.66. The second kappa shape index (κ2) is 5.66. The van der Waals surface area contributed by atoms with Gasteiger partial charge in [-0.3, -0.25) is 0 Å². The van der Waals surface area contributed by atoms with E-state index in [1.165, 1.54) is 5.56 Å². The summed E-state index contributed by atoms with van der Waals surface area (Å²) in [5, 5.41) is 22.8. The van der Waals surface area contributed by atoms with Crippen LogP contribution >= 0.6 is 0 Å². The molecule has 0 aromatic heterocycles. The maximum absolute atomic E-state index is 9.73. The number of benzene rings is 2. The monoisotopic (exact) mass is 285 g/mol. The van der Waals surface area contributed by atoms with Gasteiger partial charge in [-0.15, -0.1) is 0 Å². The number of hydrogen-bond acceptors (Lipinski definition) is 4. The van der Waals surface area contributed by atoms with Crippen molar-refractivity contribution < 1.29 is 14.9 Å². The first-order valence-corrected chi connectivity index (χ1v) is 7.08. The van der Waals surface area contributed by atoms with Crippen molar-refractivity contribution in [1.29, 1.82) is 0 Å². The van der Waals surface area contributed by atoms with Crippen LogP contribution in [0.3, 0.4) is 0 Å². The maximum Gasteiger partial charge on any atom is 0.157 e. The molecule has 0 saturated heterocycles. The number of nitrogens with one attached hydrogen (secondary N) is 1. The van der Waals surface area contributed by atoms with Crippen molar-refractivity contribution in [2.75, 3.05) is 13.7 Å². The van der Waals surface area contributed by atoms with Crippen molar-refractivity contribution in [2.24, 2.45) is 0 Å². The van der Waals surface area contributed by atoms with Gasteiger partial charge < -0.3 is 20.3 Å². The summed E-state index contributed by atoms with van der Waals surface area (Å²) in [6, 6.07) is 11.5. The summed E-state index contributed by atoms with van der Waals surface area (Å²) < 4.78 is 5.17. The normalized spacial score (nSPS) is 17.3. The first kappa shape index (κ1) is 13.8. The van der Waals surface area contributed by atoms with E-state index in [4.69, 9.17) is 4.74 Å². The summed E-state index contributed by atoms with van der Waals surface area (Å²) in [5.74, 6) is 0.745. The van der Waals surface area contributed by atoms with Crippen molar-refractivity contribution >= 4 is 0 Å². The summed E-state index contributed by atoms with van der Waals surface area (Å²) in [6.45, 7) is 0.873. The minimum Gasteiger partial charge on any atom is -0.504 e. The molecule has 3 rings (SSSR count). The molecule has 110 valence electrons. The van der Waals surface area contributed by atoms with Crippen molar-refractivity contribution in [2.45, 2.75) is 18.9 Å². The highest BCUT2D eigenvalue weighted by Crippen LogP contribution is 2.34. The smallest absolute Gasteiger partial charge is 0.157 e. The van der Waals surface area contributed by atoms with Crippen molar-refractivity contribution in [1.82, 2.24) is 5.32 Å². The largest absolute Gasteiger partial charge is 0.504 e. The van der Waals surface area contributed by atoms with Crippen LogP contribution in [-0.2, 0) is 12.8 Å². The summed E-state index contributed by atoms with van der Waals surface area (Å²) >= 11 is 0. The van der Waals surface area contributed by atoms with Gasteiger partial charge in [-0.2, -0.15) is 0 Å². The Kier molecular flexibility index (Phi) is 3.71. The van der Waals surface area contributed by atoms with E-state index >= 15 is 0 Å². The van der Waals surface area contributed by atoms with Crippen LogP contribution < -0.4 is 10.1 Å². The van der Waals surface area contributed by atoms with Crippen LogP contribution in [-0.4, -0.2) is 23.9 Å². The zero-order valence-electron chi connectivity index (χ0n) is 12.0. The number of hydrogen-bond donors (Lipinski definition) is 3. The van der Waals surface area contributed by atoms with E-state index in [1.54, 1.807) is 19.2 Å². The first-order valence-electron chi connectivity index (χ1n) is 7.08. The Hall–Kier alpha value is -2.20. The third-order valence-electron chi connectivity index (χ3n) is 4.00. The number of aromatic hydroxyl groups is 2. The topological polar surface area (TPSA) is 61.7 Å². The second-order valence-corrected chi connectivity index (χ2v) is 5.35. The minimum atomic E-state index is -0.0582. The fraction of sp³-hybridized carbons (Fsp3) is 0.294. The average molecular weight is 285 g/mol. The molecule has 0 bridgehead atoms. The summed E-state index contributed by atoms with van der Waals surface area (Å²) in [5.41, 5.74) is 3.36. The fourth-order valence-corrected chi connectivity index (χ4v) is 2.85. The first-order chi connectivity index (χ1) is 10.2. The molecule has 0 saturated carbocycles. The second-order valence-electron chi connectivity index (χ2n) is 5.35. The van der Waals surface area contributed by atoms with E-state index in [2.05, 4.69) is 17.4 Å². The molecule has 0 radical (unpaired) electrons. The molecule has 2 aromatic carbocycles. The molecule has 3 N–H and O–H groups in total. The van der Waals surface area contributed by atoms with E-state index in [0.717, 1.165) is 36.3 Å². The predicted octanol–water partition coefficient (Wildman–Crippen LogP) is 2.54. The zero-order chi connectivity index (χ0) is 14.8. The molecule has 2 aromatic rings. The van der Waals surface area contributed by atoms with E-state index in [0.29, 0.717) is 0 Å². The molecular weight excluding hydrogens is 266 g/mol. The number of ether oxygens (including phenoxy) is 1. The Bertz CT molecular complexity index is 637. The number of phenolic OH excluding ortho intramolecular Hbond substituents is 2. The van der Waals surface area contributed by atoms with Gasteiger partial charge >= 0.3 is 0 Å². The van der Waals surface area contributed by atoms with Gasteiger partial charge in [-0.25, -0.2) is 0 Å². The van der Waals surface area contributed by atoms with Crippen LogP contribution in [0.2, 0.25) is 0 Å². The van der Waals surface area contributed by atoms with Crippen molar-refractivity contribution in [3.8, 4) is 17.2 Å². The van der Waals surface area contributed by atoms with Gasteiger partial charge in [-0.1, -0.05) is 12.1 Å². The Morgan fingerprint density at radius 1 is 1.14 bits per heavy atom. The Balaban J connectivity index is 1.85. The van der Waals surface area contributed by atoms with Gasteiger partial charge in [0.1, 0.15) is 5.75 Å². The molecule has 0 fully saturated rings. The molecule has 1 atom stereocenters. The number of rotatable bonds is 3. The van der Waals surface area contributed by atoms with E-state index in [1.807, 2.05) is 12.1 Å². The SMILES string of the molecule is COc1ccc(CC2NCCc3cc(O)c(O)cc32)cc1. The molecule has 0 spiro atoms. The van der Waals surface area contributed by atoms with E-state index in [9.17, 15) is 10.2 Å². The highest BCUT2D eigenvalue weighted by molar-refractivity contribution is 5.48. The maximum atomic E-state index is 9.73. The molecule has 0 amide bonds. The van der Waals surface area contributed by atoms with Gasteiger partial charge in [0.05, 0.1) is 7.11 Å². The molecule has 1 heterocycles. The van der Waals surface area contributed by atoms with Crippen molar-refractivity contribution in [3.63, 3.8) is 0 Å². The van der Waals surface area contributed by atoms with Crippen LogP contribution in [0.1, 0.15) is 22.7 Å². The standard InChI is InChI=1S/C17H19NO3/c1-21-13-4-2-11(3-5-13)8-15-14-10-17(20)16(19)9-12(14)6-7-18-15/h2-5,9-10,15,18-20H,6-8H2,1H3. The third-order valence-corrected chi connectivity index (χ3v) is 4.00. The Morgan fingerprint density at radius 2 is 1.86 bits per heavy atom. The molecule has 0 aliphatic carbocycles. The highest BCUT2D eigenvalue weighted by atomic mass is 16.5. The third kappa shape index (κ3) is 2.81. The van der Waals surface area contributed by atoms with E-state index in [-0.39, 0.29) is 17.5 Å². The number of phenols is 2. The zero-order valence-corrected chi connectivity index (χ0v) is 12.0. The molecule has 1 aliphatic heterocycles. The van der Waals surface area contributed by atoms with Crippen LogP contribution in [0.15, 0.2) is 36.4 Å². The molecule has 4 heteroatoms. The molecule has 1 aliphatic rings. The lowest BCUT2D eigenvalue weighted by atomic mass is 9.90. The Morgan fingerprint density at radius 3 is 2.57 bits per heavy atom. The summed E-state index contributed by atoms with van der Waals surface area (Å²) in [6.07, 6.45) is 1.70. The van der Waals surface area contributed by atoms with Gasteiger partial charge in [0, 0.05) is 6.04 Å². The number of fused-ring (bicyclic) bond motifs is 1. The minimum absolute atomic E-state index is 0.0427. The molecule has 21 heavy (non-hydrogen) atoms. The molecular formula is C17H19NO3. The van der Waals surface area contributed by atoms with Crippen LogP contribution in [0.5, 0.6) is 17.2 Å². The van der Waals surface area contributed by atoms with E-state index < -0.39 is 0 Å². The van der Waals surface area contributed by atoms with Crippen molar-refractivity contribution in [3.05, 3.63) is 53.1 Å². The quantitative estimate of drug-likeness (QED) is 0.758. The lowest BCUT2D eigenvalue weighted by molar-refractivity contribution is 0.398. The lowest BCUT2D eigenvalue weighted by Crippen LogP contribution is -2.31. The Labute approximate surface area is 124 Å². The average Bonchev–Trinajstić information content (AvgIpc) is 2.50. The molecule has 1 unspecified atom stereocenters. The fourth-order valence-electron chi connectivity index (χ4n) is 2.85. The molecule has 4 nitrogen and oxygen atoms in total. The van der Waals surface area contributed by atoms with Gasteiger partial charge in [0.2, 0.25) is 0 Å². The van der Waals surface area contributed by atoms with Crippen LogP contribution in [0.25, 0.3) is 0 Å². The van der Waals surface area contributed by atoms with Gasteiger partial charge in [0.15, 0.2) is 11.5 Å². The predicted molar refractivity (Wildman–Crippen MR) is 80.9 cm³/mol. The number of methoxy groups -OCH3 is 1. The van der Waals surface area contributed by atoms with Gasteiger partial charge in [0.25, 0.3) is 0 Å². The van der Waals surface area contributed by atoms with Crippen LogP contribution in [0, 0.1) is 0 Å². The van der Waals surface area contributed by atoms with Crippen LogP contribution in [0.4, 0.5) is 0 Å². The summed E-state index contributed by atoms with van der Waals surface area (Å²) in [4.78, 5) is 0. The van der Waals surface area contributed by atoms with Gasteiger partial charge in [-0.05, 0) is 60.3 Å².